The summed E-state index contributed by atoms with van der Waals surface area (Å²) in [6, 6.07) is 10.5. The molecule has 0 spiro atoms. The van der Waals surface area contributed by atoms with Crippen LogP contribution in [-0.4, -0.2) is 20.2 Å². The number of nitriles is 1. The lowest BCUT2D eigenvalue weighted by atomic mass is 9.89. The number of rotatable bonds is 9. The Morgan fingerprint density at radius 1 is 1.25 bits per heavy atom. The van der Waals surface area contributed by atoms with Gasteiger partial charge in [0.15, 0.2) is 0 Å². The van der Waals surface area contributed by atoms with E-state index in [0.717, 1.165) is 44.5 Å². The molecule has 3 heteroatoms. The first kappa shape index (κ1) is 16.5. The third-order valence-electron chi connectivity index (χ3n) is 3.43. The van der Waals surface area contributed by atoms with Crippen LogP contribution in [0.5, 0.6) is 5.75 Å². The maximum Gasteiger partial charge on any atom is 0.119 e. The van der Waals surface area contributed by atoms with Crippen LogP contribution in [0.15, 0.2) is 24.3 Å². The molecule has 0 amide bonds. The van der Waals surface area contributed by atoms with Crippen LogP contribution in [0.2, 0.25) is 0 Å². The van der Waals surface area contributed by atoms with Gasteiger partial charge in [-0.1, -0.05) is 18.6 Å². The zero-order valence-corrected chi connectivity index (χ0v) is 12.9. The number of benzene rings is 1. The third kappa shape index (κ3) is 6.58. The highest BCUT2D eigenvalue weighted by atomic mass is 16.5. The molecule has 1 N–H and O–H groups in total. The van der Waals surface area contributed by atoms with Gasteiger partial charge in [-0.25, -0.2) is 0 Å². The van der Waals surface area contributed by atoms with Crippen LogP contribution in [0.4, 0.5) is 0 Å². The third-order valence-corrected chi connectivity index (χ3v) is 3.43. The summed E-state index contributed by atoms with van der Waals surface area (Å²) < 4.78 is 5.21. The van der Waals surface area contributed by atoms with Gasteiger partial charge >= 0.3 is 0 Å². The number of methoxy groups -OCH3 is 1. The van der Waals surface area contributed by atoms with Gasteiger partial charge in [0.1, 0.15) is 5.75 Å². The van der Waals surface area contributed by atoms with E-state index in [9.17, 15) is 0 Å². The summed E-state index contributed by atoms with van der Waals surface area (Å²) in [6.07, 6.45) is 4.22. The van der Waals surface area contributed by atoms with Gasteiger partial charge < -0.3 is 10.1 Å². The molecule has 110 valence electrons. The van der Waals surface area contributed by atoms with E-state index < -0.39 is 0 Å². The van der Waals surface area contributed by atoms with E-state index in [4.69, 9.17) is 10.00 Å². The molecule has 0 fully saturated rings. The Labute approximate surface area is 123 Å². The van der Waals surface area contributed by atoms with Crippen LogP contribution in [0.1, 0.15) is 38.7 Å². The lowest BCUT2D eigenvalue weighted by Gasteiger charge is -2.14. The van der Waals surface area contributed by atoms with Crippen molar-refractivity contribution in [3.8, 4) is 11.8 Å². The zero-order valence-electron chi connectivity index (χ0n) is 12.9. The molecule has 1 rings (SSSR count). The van der Waals surface area contributed by atoms with Crippen molar-refractivity contribution in [3.63, 3.8) is 0 Å². The quantitative estimate of drug-likeness (QED) is 0.700. The van der Waals surface area contributed by atoms with Crippen molar-refractivity contribution in [2.24, 2.45) is 5.41 Å². The average Bonchev–Trinajstić information content (AvgIpc) is 2.46. The molecule has 0 radical (unpaired) electrons. The summed E-state index contributed by atoms with van der Waals surface area (Å²) >= 11 is 0. The Kier molecular flexibility index (Phi) is 7.11. The van der Waals surface area contributed by atoms with E-state index in [0.29, 0.717) is 0 Å². The Balaban J connectivity index is 2.09. The predicted octanol–water partition coefficient (Wildman–Crippen LogP) is 3.55. The molecule has 0 aromatic heterocycles. The van der Waals surface area contributed by atoms with E-state index in [-0.39, 0.29) is 5.41 Å². The molecule has 20 heavy (non-hydrogen) atoms. The fourth-order valence-corrected chi connectivity index (χ4v) is 2.06. The second kappa shape index (κ2) is 8.60. The largest absolute Gasteiger partial charge is 0.497 e. The minimum absolute atomic E-state index is 0.180. The van der Waals surface area contributed by atoms with Crippen LogP contribution in [0, 0.1) is 16.7 Å². The summed E-state index contributed by atoms with van der Waals surface area (Å²) in [5.74, 6) is 0.918. The molecule has 1 aromatic rings. The molecule has 0 aliphatic heterocycles. The monoisotopic (exact) mass is 274 g/mol. The van der Waals surface area contributed by atoms with E-state index in [1.807, 2.05) is 26.0 Å². The molecule has 0 bridgehead atoms. The SMILES string of the molecule is COc1cccc(CCNCCCCC(C)(C)C#N)c1. The fourth-order valence-electron chi connectivity index (χ4n) is 2.06. The summed E-state index contributed by atoms with van der Waals surface area (Å²) in [6.45, 7) is 6.01. The number of nitrogens with one attached hydrogen (secondary N) is 1. The van der Waals surface area contributed by atoms with Crippen molar-refractivity contribution in [1.29, 1.82) is 5.26 Å². The maximum atomic E-state index is 8.93. The molecule has 1 aromatic carbocycles. The number of hydrogen-bond acceptors (Lipinski definition) is 3. The lowest BCUT2D eigenvalue weighted by molar-refractivity contribution is 0.414. The molecular formula is C17H26N2O. The average molecular weight is 274 g/mol. The Bertz CT molecular complexity index is 435. The van der Waals surface area contributed by atoms with Gasteiger partial charge in [0.05, 0.1) is 18.6 Å². The van der Waals surface area contributed by atoms with Crippen LogP contribution >= 0.6 is 0 Å². The van der Waals surface area contributed by atoms with Crippen molar-refractivity contribution in [3.05, 3.63) is 29.8 Å². The topological polar surface area (TPSA) is 45.0 Å². The van der Waals surface area contributed by atoms with Crippen LogP contribution in [0.25, 0.3) is 0 Å². The van der Waals surface area contributed by atoms with Gasteiger partial charge in [0.25, 0.3) is 0 Å². The standard InChI is InChI=1S/C17H26N2O/c1-17(2,14-18)10-4-5-11-19-12-9-15-7-6-8-16(13-15)20-3/h6-8,13,19H,4-5,9-12H2,1-3H3. The van der Waals surface area contributed by atoms with Gasteiger partial charge in [0, 0.05) is 0 Å². The molecule has 0 aliphatic carbocycles. The fraction of sp³-hybridized carbons (Fsp3) is 0.588. The number of nitrogens with zero attached hydrogens (tertiary/aromatic N) is 1. The van der Waals surface area contributed by atoms with Crippen molar-refractivity contribution < 1.29 is 4.74 Å². The van der Waals surface area contributed by atoms with Crippen LogP contribution < -0.4 is 10.1 Å². The van der Waals surface area contributed by atoms with Gasteiger partial charge in [0.2, 0.25) is 0 Å². The normalized spacial score (nSPS) is 11.1. The van der Waals surface area contributed by atoms with Gasteiger partial charge in [-0.15, -0.1) is 0 Å². The zero-order chi connectivity index (χ0) is 14.8. The van der Waals surface area contributed by atoms with Crippen molar-refractivity contribution in [2.75, 3.05) is 20.2 Å². The first-order chi connectivity index (χ1) is 9.57. The molecule has 0 heterocycles. The first-order valence-corrected chi connectivity index (χ1v) is 7.32. The summed E-state index contributed by atoms with van der Waals surface area (Å²) in [4.78, 5) is 0. The second-order valence-electron chi connectivity index (χ2n) is 5.80. The van der Waals surface area contributed by atoms with Gasteiger partial charge in [-0.2, -0.15) is 5.26 Å². The molecule has 0 saturated heterocycles. The highest BCUT2D eigenvalue weighted by Gasteiger charge is 2.15. The Morgan fingerprint density at radius 2 is 2.05 bits per heavy atom. The minimum Gasteiger partial charge on any atom is -0.497 e. The Hall–Kier alpha value is -1.53. The van der Waals surface area contributed by atoms with Crippen molar-refractivity contribution in [1.82, 2.24) is 5.32 Å². The van der Waals surface area contributed by atoms with Crippen molar-refractivity contribution >= 4 is 0 Å². The smallest absolute Gasteiger partial charge is 0.119 e. The Morgan fingerprint density at radius 3 is 2.75 bits per heavy atom. The predicted molar refractivity (Wildman–Crippen MR) is 82.8 cm³/mol. The molecule has 0 unspecified atom stereocenters. The van der Waals surface area contributed by atoms with Gasteiger partial charge in [-0.3, -0.25) is 0 Å². The van der Waals surface area contributed by atoms with Crippen LogP contribution in [-0.2, 0) is 6.42 Å². The highest BCUT2D eigenvalue weighted by Crippen LogP contribution is 2.21. The maximum absolute atomic E-state index is 8.93. The number of unbranched alkanes of at least 4 members (excludes halogenated alkanes) is 1. The molecule has 3 nitrogen and oxygen atoms in total. The van der Waals surface area contributed by atoms with E-state index in [2.05, 4.69) is 23.5 Å². The molecule has 0 saturated carbocycles. The first-order valence-electron chi connectivity index (χ1n) is 7.32. The number of ether oxygens (including phenoxy) is 1. The minimum atomic E-state index is -0.180. The lowest BCUT2D eigenvalue weighted by Crippen LogP contribution is -2.19. The molecular weight excluding hydrogens is 248 g/mol. The molecule has 0 atom stereocenters. The second-order valence-corrected chi connectivity index (χ2v) is 5.80. The highest BCUT2D eigenvalue weighted by molar-refractivity contribution is 5.28. The summed E-state index contributed by atoms with van der Waals surface area (Å²) in [7, 11) is 1.69. The number of hydrogen-bond donors (Lipinski definition) is 1. The molecule has 0 aliphatic rings. The van der Waals surface area contributed by atoms with E-state index in [1.165, 1.54) is 5.56 Å². The van der Waals surface area contributed by atoms with E-state index >= 15 is 0 Å². The van der Waals surface area contributed by atoms with Gasteiger partial charge in [-0.05, 0) is 63.9 Å². The summed E-state index contributed by atoms with van der Waals surface area (Å²) in [5.41, 5.74) is 1.11. The van der Waals surface area contributed by atoms with Crippen LogP contribution in [0.3, 0.4) is 0 Å². The van der Waals surface area contributed by atoms with E-state index in [1.54, 1.807) is 7.11 Å². The summed E-state index contributed by atoms with van der Waals surface area (Å²) in [5, 5.41) is 12.4. The van der Waals surface area contributed by atoms with Crippen molar-refractivity contribution in [2.45, 2.75) is 39.5 Å².